The van der Waals surface area contributed by atoms with E-state index in [0.717, 1.165) is 6.42 Å². The molecule has 1 aromatic carbocycles. The molecule has 0 aliphatic heterocycles. The second-order valence-corrected chi connectivity index (χ2v) is 6.28. The third kappa shape index (κ3) is 5.64. The zero-order chi connectivity index (χ0) is 15.2. The van der Waals surface area contributed by atoms with Crippen LogP contribution >= 0.6 is 0 Å². The van der Waals surface area contributed by atoms with Gasteiger partial charge in [-0.25, -0.2) is 13.1 Å². The molecule has 0 saturated heterocycles. The van der Waals surface area contributed by atoms with E-state index in [-0.39, 0.29) is 18.0 Å². The van der Waals surface area contributed by atoms with Gasteiger partial charge in [-0.1, -0.05) is 25.5 Å². The number of nitrogens with one attached hydrogen (secondary N) is 1. The van der Waals surface area contributed by atoms with Crippen molar-refractivity contribution in [1.29, 1.82) is 0 Å². The van der Waals surface area contributed by atoms with E-state index in [9.17, 15) is 23.6 Å². The summed E-state index contributed by atoms with van der Waals surface area (Å²) < 4.78 is 25.9. The molecule has 2 N–H and O–H groups in total. The number of nitrogens with zero attached hydrogens (tertiary/aromatic N) is 1. The molecule has 0 radical (unpaired) electrons. The lowest BCUT2D eigenvalue weighted by atomic mass is 10.2. The van der Waals surface area contributed by atoms with E-state index in [0.29, 0.717) is 12.0 Å². The minimum Gasteiger partial charge on any atom is -0.392 e. The lowest BCUT2D eigenvalue weighted by Crippen LogP contribution is -2.32. The summed E-state index contributed by atoms with van der Waals surface area (Å²) in [7, 11) is -3.56. The number of hydrogen-bond donors (Lipinski definition) is 2. The Kier molecular flexibility index (Phi) is 6.05. The van der Waals surface area contributed by atoms with E-state index >= 15 is 0 Å². The lowest BCUT2D eigenvalue weighted by Gasteiger charge is -2.11. The van der Waals surface area contributed by atoms with Gasteiger partial charge in [-0.2, -0.15) is 0 Å². The Morgan fingerprint density at radius 2 is 1.95 bits per heavy atom. The molecule has 0 heterocycles. The number of aliphatic hydroxyl groups excluding tert-OH is 1. The molecule has 7 nitrogen and oxygen atoms in total. The zero-order valence-corrected chi connectivity index (χ0v) is 12.0. The van der Waals surface area contributed by atoms with Crippen molar-refractivity contribution in [1.82, 2.24) is 4.72 Å². The van der Waals surface area contributed by atoms with Crippen LogP contribution in [0.5, 0.6) is 0 Å². The van der Waals surface area contributed by atoms with Crippen LogP contribution in [0.2, 0.25) is 0 Å². The highest BCUT2D eigenvalue weighted by Crippen LogP contribution is 2.13. The van der Waals surface area contributed by atoms with Crippen LogP contribution in [0.4, 0.5) is 5.69 Å². The van der Waals surface area contributed by atoms with Gasteiger partial charge < -0.3 is 5.11 Å². The van der Waals surface area contributed by atoms with E-state index in [2.05, 4.69) is 4.72 Å². The third-order valence-electron chi connectivity index (χ3n) is 2.66. The Balaban J connectivity index is 2.59. The Morgan fingerprint density at radius 1 is 1.35 bits per heavy atom. The van der Waals surface area contributed by atoms with Gasteiger partial charge in [-0.3, -0.25) is 10.1 Å². The molecular weight excluding hydrogens is 284 g/mol. The molecule has 1 aromatic rings. The molecule has 0 fully saturated rings. The van der Waals surface area contributed by atoms with Crippen molar-refractivity contribution in [3.63, 3.8) is 0 Å². The van der Waals surface area contributed by atoms with Crippen LogP contribution in [0.15, 0.2) is 24.3 Å². The first-order chi connectivity index (χ1) is 9.34. The first-order valence-corrected chi connectivity index (χ1v) is 7.88. The van der Waals surface area contributed by atoms with E-state index in [4.69, 9.17) is 0 Å². The van der Waals surface area contributed by atoms with Crippen molar-refractivity contribution in [2.75, 3.05) is 6.54 Å². The summed E-state index contributed by atoms with van der Waals surface area (Å²) in [6.45, 7) is 1.87. The summed E-state index contributed by atoms with van der Waals surface area (Å²) in [5.74, 6) is -0.274. The summed E-state index contributed by atoms with van der Waals surface area (Å²) in [6.07, 6.45) is 0.595. The molecule has 1 rings (SSSR count). The highest BCUT2D eigenvalue weighted by molar-refractivity contribution is 7.88. The molecule has 112 valence electrons. The molecule has 8 heteroatoms. The average Bonchev–Trinajstić information content (AvgIpc) is 2.37. The average molecular weight is 302 g/mol. The fraction of sp³-hybridized carbons (Fsp3) is 0.500. The van der Waals surface area contributed by atoms with Gasteiger partial charge >= 0.3 is 0 Å². The fourth-order valence-corrected chi connectivity index (χ4v) is 2.82. The van der Waals surface area contributed by atoms with Gasteiger partial charge in [-0.15, -0.1) is 0 Å². The highest BCUT2D eigenvalue weighted by atomic mass is 32.2. The van der Waals surface area contributed by atoms with Crippen LogP contribution in [0.3, 0.4) is 0 Å². The topological polar surface area (TPSA) is 110 Å². The van der Waals surface area contributed by atoms with Crippen molar-refractivity contribution in [3.8, 4) is 0 Å². The Bertz CT molecular complexity index is 541. The molecule has 0 aliphatic carbocycles. The number of nitro benzene ring substituents is 1. The summed E-state index contributed by atoms with van der Waals surface area (Å²) in [5, 5.41) is 20.0. The normalized spacial score (nSPS) is 13.1. The van der Waals surface area contributed by atoms with Crippen LogP contribution in [0.25, 0.3) is 0 Å². The minimum absolute atomic E-state index is 0.0246. The molecule has 0 aliphatic rings. The van der Waals surface area contributed by atoms with Crippen LogP contribution in [0.1, 0.15) is 25.3 Å². The second-order valence-electron chi connectivity index (χ2n) is 4.47. The van der Waals surface area contributed by atoms with Gasteiger partial charge in [0, 0.05) is 18.7 Å². The molecule has 0 amide bonds. The van der Waals surface area contributed by atoms with Gasteiger partial charge in [0.05, 0.1) is 16.8 Å². The minimum atomic E-state index is -3.56. The summed E-state index contributed by atoms with van der Waals surface area (Å²) in [5.41, 5.74) is 0.366. The van der Waals surface area contributed by atoms with Crippen LogP contribution in [-0.4, -0.2) is 31.1 Å². The number of aliphatic hydroxyl groups is 1. The fourth-order valence-electron chi connectivity index (χ4n) is 1.64. The predicted octanol–water partition coefficient (Wildman–Crippen LogP) is 1.18. The zero-order valence-electron chi connectivity index (χ0n) is 11.2. The molecule has 0 spiro atoms. The largest absolute Gasteiger partial charge is 0.392 e. The first-order valence-electron chi connectivity index (χ1n) is 6.23. The molecule has 1 unspecified atom stereocenters. The van der Waals surface area contributed by atoms with E-state index in [1.165, 1.54) is 24.3 Å². The van der Waals surface area contributed by atoms with E-state index in [1.54, 1.807) is 0 Å². The summed E-state index contributed by atoms with van der Waals surface area (Å²) >= 11 is 0. The lowest BCUT2D eigenvalue weighted by molar-refractivity contribution is -0.384. The molecule has 0 aromatic heterocycles. The Labute approximate surface area is 117 Å². The molecule has 1 atom stereocenters. The van der Waals surface area contributed by atoms with Crippen molar-refractivity contribution in [2.45, 2.75) is 31.6 Å². The summed E-state index contributed by atoms with van der Waals surface area (Å²) in [6, 6.07) is 5.33. The Hall–Kier alpha value is -1.51. The number of non-ortho nitro benzene ring substituents is 1. The number of hydrogen-bond acceptors (Lipinski definition) is 5. The van der Waals surface area contributed by atoms with Crippen LogP contribution in [-0.2, 0) is 15.8 Å². The van der Waals surface area contributed by atoms with Gasteiger partial charge in [0.15, 0.2) is 0 Å². The highest BCUT2D eigenvalue weighted by Gasteiger charge is 2.14. The van der Waals surface area contributed by atoms with Gasteiger partial charge in [0.2, 0.25) is 10.0 Å². The van der Waals surface area contributed by atoms with Crippen LogP contribution < -0.4 is 4.72 Å². The monoisotopic (exact) mass is 302 g/mol. The van der Waals surface area contributed by atoms with E-state index in [1.807, 2.05) is 6.92 Å². The standard InChI is InChI=1S/C12H18N2O5S/c1-2-3-12(15)8-13-20(18,19)9-10-4-6-11(7-5-10)14(16)17/h4-7,12-13,15H,2-3,8-9H2,1H3. The van der Waals surface area contributed by atoms with Gasteiger partial charge in [-0.05, 0) is 12.0 Å². The number of rotatable bonds is 8. The number of sulfonamides is 1. The van der Waals surface area contributed by atoms with Crippen molar-refractivity contribution in [2.24, 2.45) is 0 Å². The maximum Gasteiger partial charge on any atom is 0.269 e. The quantitative estimate of drug-likeness (QED) is 0.553. The Morgan fingerprint density at radius 3 is 2.45 bits per heavy atom. The van der Waals surface area contributed by atoms with Crippen molar-refractivity contribution in [3.05, 3.63) is 39.9 Å². The van der Waals surface area contributed by atoms with Crippen molar-refractivity contribution < 1.29 is 18.4 Å². The first kappa shape index (κ1) is 16.5. The SMILES string of the molecule is CCCC(O)CNS(=O)(=O)Cc1ccc([N+](=O)[O-])cc1. The third-order valence-corrected chi connectivity index (χ3v) is 3.98. The van der Waals surface area contributed by atoms with Crippen molar-refractivity contribution >= 4 is 15.7 Å². The van der Waals surface area contributed by atoms with Crippen LogP contribution in [0, 0.1) is 10.1 Å². The van der Waals surface area contributed by atoms with Gasteiger partial charge in [0.25, 0.3) is 5.69 Å². The maximum atomic E-state index is 11.8. The molecule has 0 bridgehead atoms. The van der Waals surface area contributed by atoms with Gasteiger partial charge in [0.1, 0.15) is 0 Å². The number of nitro groups is 1. The molecule has 20 heavy (non-hydrogen) atoms. The maximum absolute atomic E-state index is 11.8. The second kappa shape index (κ2) is 7.32. The van der Waals surface area contributed by atoms with E-state index < -0.39 is 21.1 Å². The summed E-state index contributed by atoms with van der Waals surface area (Å²) in [4.78, 5) is 9.94. The smallest absolute Gasteiger partial charge is 0.269 e. The molecule has 0 saturated carbocycles. The number of benzene rings is 1. The predicted molar refractivity (Wildman–Crippen MR) is 74.6 cm³/mol. The molecular formula is C12H18N2O5S.